The smallest absolute Gasteiger partial charge is 0.336 e. The molecular weight excluding hydrogens is 340 g/mol. The van der Waals surface area contributed by atoms with Gasteiger partial charge in [0.05, 0.1) is 30.8 Å². The van der Waals surface area contributed by atoms with Gasteiger partial charge in [-0.3, -0.25) is 0 Å². The first-order valence-electron chi connectivity index (χ1n) is 8.69. The van der Waals surface area contributed by atoms with E-state index in [1.807, 2.05) is 0 Å². The average Bonchev–Trinajstić information content (AvgIpc) is 3.29. The SMILES string of the molecule is C=C(CO)C(=O)O[C@H]1CC(=C)[C@@H]2C[C@H](O)[C@@]3(CO3)[C@@H]2[C@H]2OC(=O)C(=C)[C@@H]21. The van der Waals surface area contributed by atoms with E-state index in [1.54, 1.807) is 0 Å². The molecule has 7 atom stereocenters. The quantitative estimate of drug-likeness (QED) is 0.321. The molecule has 2 aliphatic heterocycles. The van der Waals surface area contributed by atoms with Gasteiger partial charge in [-0.05, 0) is 12.3 Å². The van der Waals surface area contributed by atoms with Crippen molar-refractivity contribution in [3.63, 3.8) is 0 Å². The summed E-state index contributed by atoms with van der Waals surface area (Å²) < 4.78 is 16.8. The van der Waals surface area contributed by atoms with Crippen LogP contribution in [0.4, 0.5) is 0 Å². The van der Waals surface area contributed by atoms with Crippen molar-refractivity contribution in [1.29, 1.82) is 0 Å². The molecule has 4 aliphatic rings. The predicted octanol–water partition coefficient (Wildman–Crippen LogP) is 0.270. The number of carbonyl (C=O) groups is 2. The third-order valence-electron chi connectivity index (χ3n) is 6.26. The van der Waals surface area contributed by atoms with Crippen LogP contribution in [-0.2, 0) is 23.8 Å². The van der Waals surface area contributed by atoms with E-state index in [9.17, 15) is 14.7 Å². The van der Waals surface area contributed by atoms with Crippen molar-refractivity contribution in [2.24, 2.45) is 17.8 Å². The predicted molar refractivity (Wildman–Crippen MR) is 88.7 cm³/mol. The number of aliphatic hydroxyl groups is 2. The molecular formula is C19H22O7. The van der Waals surface area contributed by atoms with E-state index >= 15 is 0 Å². The number of aliphatic hydroxyl groups excluding tert-OH is 2. The molecule has 0 radical (unpaired) electrons. The number of epoxide rings is 1. The van der Waals surface area contributed by atoms with E-state index in [1.165, 1.54) is 0 Å². The normalized spacial score (nSPS) is 43.5. The molecule has 0 amide bonds. The molecule has 0 aromatic heterocycles. The molecule has 2 N–H and O–H groups in total. The van der Waals surface area contributed by atoms with Gasteiger partial charge in [0.15, 0.2) is 0 Å². The third kappa shape index (κ3) is 2.31. The first kappa shape index (κ1) is 17.5. The number of esters is 2. The first-order valence-corrected chi connectivity index (χ1v) is 8.69. The van der Waals surface area contributed by atoms with E-state index in [4.69, 9.17) is 19.3 Å². The molecule has 1 spiro atoms. The second kappa shape index (κ2) is 5.77. The minimum Gasteiger partial charge on any atom is -0.458 e. The molecule has 7 nitrogen and oxygen atoms in total. The van der Waals surface area contributed by atoms with Crippen molar-refractivity contribution in [2.75, 3.05) is 13.2 Å². The minimum atomic E-state index is -0.727. The molecule has 0 bridgehead atoms. The number of hydrogen-bond acceptors (Lipinski definition) is 7. The van der Waals surface area contributed by atoms with Crippen LogP contribution in [0.1, 0.15) is 12.8 Å². The van der Waals surface area contributed by atoms with Crippen LogP contribution in [0.3, 0.4) is 0 Å². The fourth-order valence-electron chi connectivity index (χ4n) is 4.82. The van der Waals surface area contributed by atoms with Crippen LogP contribution < -0.4 is 0 Å². The van der Waals surface area contributed by atoms with Crippen LogP contribution in [0.5, 0.6) is 0 Å². The monoisotopic (exact) mass is 362 g/mol. The molecule has 0 aromatic carbocycles. The van der Waals surface area contributed by atoms with E-state index < -0.39 is 48.4 Å². The maximum Gasteiger partial charge on any atom is 0.336 e. The van der Waals surface area contributed by atoms with Crippen molar-refractivity contribution in [3.05, 3.63) is 36.5 Å². The topological polar surface area (TPSA) is 106 Å². The van der Waals surface area contributed by atoms with Crippen molar-refractivity contribution in [3.8, 4) is 0 Å². The molecule has 2 saturated heterocycles. The highest BCUT2D eigenvalue weighted by Gasteiger charge is 2.70. The van der Waals surface area contributed by atoms with Crippen LogP contribution in [0.15, 0.2) is 36.5 Å². The van der Waals surface area contributed by atoms with Gasteiger partial charge in [-0.25, -0.2) is 9.59 Å². The molecule has 4 fully saturated rings. The Morgan fingerprint density at radius 3 is 2.69 bits per heavy atom. The lowest BCUT2D eigenvalue weighted by molar-refractivity contribution is -0.149. The van der Waals surface area contributed by atoms with Crippen molar-refractivity contribution in [2.45, 2.75) is 36.8 Å². The van der Waals surface area contributed by atoms with Crippen LogP contribution in [-0.4, -0.2) is 59.3 Å². The number of rotatable bonds is 3. The molecule has 2 heterocycles. The van der Waals surface area contributed by atoms with Crippen LogP contribution >= 0.6 is 0 Å². The van der Waals surface area contributed by atoms with Crippen molar-refractivity contribution < 1.29 is 34.0 Å². The summed E-state index contributed by atoms with van der Waals surface area (Å²) in [7, 11) is 0. The Hall–Kier alpha value is -1.96. The molecule has 2 aliphatic carbocycles. The summed E-state index contributed by atoms with van der Waals surface area (Å²) in [5.41, 5.74) is 0.277. The van der Waals surface area contributed by atoms with Crippen molar-refractivity contribution >= 4 is 11.9 Å². The second-order valence-corrected chi connectivity index (χ2v) is 7.62. The maximum atomic E-state index is 12.2. The Labute approximate surface area is 150 Å². The maximum absolute atomic E-state index is 12.2. The summed E-state index contributed by atoms with van der Waals surface area (Å²) in [4.78, 5) is 24.4. The van der Waals surface area contributed by atoms with Crippen molar-refractivity contribution in [1.82, 2.24) is 0 Å². The molecule has 0 aromatic rings. The second-order valence-electron chi connectivity index (χ2n) is 7.62. The van der Waals surface area contributed by atoms with Gasteiger partial charge in [-0.1, -0.05) is 25.3 Å². The lowest BCUT2D eigenvalue weighted by atomic mass is 9.78. The van der Waals surface area contributed by atoms with Gasteiger partial charge in [0, 0.05) is 17.9 Å². The summed E-state index contributed by atoms with van der Waals surface area (Å²) in [6.45, 7) is 11.4. The number of hydrogen-bond donors (Lipinski definition) is 2. The van der Waals surface area contributed by atoms with Crippen LogP contribution in [0.25, 0.3) is 0 Å². The number of carbonyl (C=O) groups excluding carboxylic acids is 2. The van der Waals surface area contributed by atoms with E-state index in [0.717, 1.165) is 5.57 Å². The number of fused-ring (bicyclic) bond motifs is 4. The molecule has 26 heavy (non-hydrogen) atoms. The Morgan fingerprint density at radius 2 is 2.08 bits per heavy atom. The van der Waals surface area contributed by atoms with Gasteiger partial charge in [0.1, 0.15) is 17.8 Å². The molecule has 2 saturated carbocycles. The Kier molecular flexibility index (Phi) is 3.87. The van der Waals surface area contributed by atoms with Gasteiger partial charge >= 0.3 is 11.9 Å². The zero-order valence-corrected chi connectivity index (χ0v) is 14.3. The highest BCUT2D eigenvalue weighted by atomic mass is 16.6. The van der Waals surface area contributed by atoms with Gasteiger partial charge in [-0.2, -0.15) is 0 Å². The highest BCUT2D eigenvalue weighted by molar-refractivity contribution is 5.92. The van der Waals surface area contributed by atoms with E-state index in [0.29, 0.717) is 19.4 Å². The number of ether oxygens (including phenoxy) is 3. The Balaban J connectivity index is 1.70. The van der Waals surface area contributed by atoms with E-state index in [2.05, 4.69) is 19.7 Å². The molecule has 7 heteroatoms. The zero-order valence-electron chi connectivity index (χ0n) is 14.3. The van der Waals surface area contributed by atoms with Crippen LogP contribution in [0, 0.1) is 17.8 Å². The Morgan fingerprint density at radius 1 is 1.38 bits per heavy atom. The van der Waals surface area contributed by atoms with Gasteiger partial charge in [-0.15, -0.1) is 0 Å². The summed E-state index contributed by atoms with van der Waals surface area (Å²) in [5.74, 6) is -2.13. The van der Waals surface area contributed by atoms with Gasteiger partial charge < -0.3 is 24.4 Å². The lowest BCUT2D eigenvalue weighted by Crippen LogP contribution is -2.43. The van der Waals surface area contributed by atoms with Gasteiger partial charge in [0.25, 0.3) is 0 Å². The average molecular weight is 362 g/mol. The zero-order chi connectivity index (χ0) is 18.8. The standard InChI is InChI=1S/C19H22O7/c1-8-4-12(25-17(22)9(2)6-20)14-10(3)18(23)26-16(14)15-11(8)5-13(21)19(15)7-24-19/h11-16,20-21H,1-7H2/t11-,12-,13-,14+,15-,16-,19-/m0/s1. The van der Waals surface area contributed by atoms with Gasteiger partial charge in [0.2, 0.25) is 0 Å². The molecule has 140 valence electrons. The minimum absolute atomic E-state index is 0.0649. The lowest BCUT2D eigenvalue weighted by Gasteiger charge is -2.30. The Bertz CT molecular complexity index is 719. The molecule has 0 unspecified atom stereocenters. The summed E-state index contributed by atoms with van der Waals surface area (Å²) >= 11 is 0. The largest absolute Gasteiger partial charge is 0.458 e. The molecule has 4 rings (SSSR count). The summed E-state index contributed by atoms with van der Waals surface area (Å²) in [5, 5.41) is 19.6. The summed E-state index contributed by atoms with van der Waals surface area (Å²) in [6, 6.07) is 0. The fourth-order valence-corrected chi connectivity index (χ4v) is 4.82. The van der Waals surface area contributed by atoms with E-state index in [-0.39, 0.29) is 23.0 Å². The fraction of sp³-hybridized carbons (Fsp3) is 0.579. The third-order valence-corrected chi connectivity index (χ3v) is 6.26. The first-order chi connectivity index (χ1) is 12.3. The highest BCUT2D eigenvalue weighted by Crippen LogP contribution is 2.60. The summed E-state index contributed by atoms with van der Waals surface area (Å²) in [6.07, 6.45) is -1.14. The van der Waals surface area contributed by atoms with Crippen LogP contribution in [0.2, 0.25) is 0 Å².